The normalized spacial score (nSPS) is 11.4. The summed E-state index contributed by atoms with van der Waals surface area (Å²) in [4.78, 5) is 12.4. The number of carbonyl (C=O) groups excluding carboxylic acids is 1. The summed E-state index contributed by atoms with van der Waals surface area (Å²) in [6.45, 7) is 3.63. The second kappa shape index (κ2) is 10.1. The fourth-order valence-electron chi connectivity index (χ4n) is 2.57. The SMILES string of the molecule is COc1ccc(S(=O)(=O)Nc2nnc(SCc3ccccc3)s2)cc1C(=O)NC(C)C. The lowest BCUT2D eigenvalue weighted by Crippen LogP contribution is -2.30. The van der Waals surface area contributed by atoms with Gasteiger partial charge in [0.25, 0.3) is 15.9 Å². The molecule has 0 aliphatic carbocycles. The first-order valence-corrected chi connectivity index (χ1v) is 12.6. The van der Waals surface area contributed by atoms with Gasteiger partial charge in [0.2, 0.25) is 5.13 Å². The Balaban J connectivity index is 1.75. The number of sulfonamides is 1. The summed E-state index contributed by atoms with van der Waals surface area (Å²) in [6.07, 6.45) is 0. The number of thioether (sulfide) groups is 1. The zero-order valence-electron chi connectivity index (χ0n) is 17.2. The van der Waals surface area contributed by atoms with E-state index in [4.69, 9.17) is 4.74 Å². The second-order valence-electron chi connectivity index (χ2n) is 6.74. The van der Waals surface area contributed by atoms with Crippen molar-refractivity contribution in [3.8, 4) is 5.75 Å². The van der Waals surface area contributed by atoms with Gasteiger partial charge in [0.1, 0.15) is 5.75 Å². The smallest absolute Gasteiger partial charge is 0.263 e. The third kappa shape index (κ3) is 6.18. The average Bonchev–Trinajstić information content (AvgIpc) is 3.18. The molecule has 3 rings (SSSR count). The number of amides is 1. The average molecular weight is 479 g/mol. The molecule has 0 unspecified atom stereocenters. The number of hydrogen-bond donors (Lipinski definition) is 2. The summed E-state index contributed by atoms with van der Waals surface area (Å²) in [5, 5.41) is 10.8. The molecular weight excluding hydrogens is 456 g/mol. The van der Waals surface area contributed by atoms with E-state index in [1.54, 1.807) is 0 Å². The quantitative estimate of drug-likeness (QED) is 0.450. The molecule has 1 amide bonds. The third-order valence-corrected chi connectivity index (χ3v) is 7.49. The molecule has 8 nitrogen and oxygen atoms in total. The summed E-state index contributed by atoms with van der Waals surface area (Å²) in [5.41, 5.74) is 1.27. The van der Waals surface area contributed by atoms with E-state index < -0.39 is 15.9 Å². The predicted molar refractivity (Wildman–Crippen MR) is 122 cm³/mol. The molecule has 0 bridgehead atoms. The molecule has 11 heteroatoms. The molecule has 1 aromatic heterocycles. The summed E-state index contributed by atoms with van der Waals surface area (Å²) < 4.78 is 33.9. The largest absolute Gasteiger partial charge is 0.496 e. The number of anilines is 1. The number of nitrogens with zero attached hydrogens (tertiary/aromatic N) is 2. The van der Waals surface area contributed by atoms with Crippen LogP contribution >= 0.6 is 23.1 Å². The van der Waals surface area contributed by atoms with Crippen LogP contribution in [-0.2, 0) is 15.8 Å². The molecule has 0 saturated heterocycles. The molecule has 0 radical (unpaired) electrons. The third-order valence-electron chi connectivity index (χ3n) is 3.98. The van der Waals surface area contributed by atoms with Crippen molar-refractivity contribution in [1.29, 1.82) is 0 Å². The van der Waals surface area contributed by atoms with Gasteiger partial charge in [0, 0.05) is 11.8 Å². The van der Waals surface area contributed by atoms with Gasteiger partial charge >= 0.3 is 0 Å². The van der Waals surface area contributed by atoms with Crippen LogP contribution in [0.25, 0.3) is 0 Å². The summed E-state index contributed by atoms with van der Waals surface area (Å²) in [5.74, 6) is 0.571. The summed E-state index contributed by atoms with van der Waals surface area (Å²) in [6, 6.07) is 13.9. The van der Waals surface area contributed by atoms with Gasteiger partial charge in [-0.3, -0.25) is 9.52 Å². The van der Waals surface area contributed by atoms with Gasteiger partial charge in [0.05, 0.1) is 17.6 Å². The van der Waals surface area contributed by atoms with E-state index in [2.05, 4.69) is 20.2 Å². The lowest BCUT2D eigenvalue weighted by Gasteiger charge is -2.13. The molecular formula is C20H22N4O4S3. The molecule has 31 heavy (non-hydrogen) atoms. The van der Waals surface area contributed by atoms with E-state index in [9.17, 15) is 13.2 Å². The molecule has 0 fully saturated rings. The standard InChI is InChI=1S/C20H22N4O4S3/c1-13(2)21-18(25)16-11-15(9-10-17(16)28-3)31(26,27)24-19-22-23-20(30-19)29-12-14-7-5-4-6-8-14/h4-11,13H,12H2,1-3H3,(H,21,25)(H,22,24). The first kappa shape index (κ1) is 23.0. The Morgan fingerprint density at radius 2 is 1.90 bits per heavy atom. The van der Waals surface area contributed by atoms with Gasteiger partial charge in [-0.2, -0.15) is 0 Å². The van der Waals surface area contributed by atoms with Crippen molar-refractivity contribution in [2.75, 3.05) is 11.8 Å². The van der Waals surface area contributed by atoms with E-state index in [1.165, 1.54) is 37.1 Å². The fourth-order valence-corrected chi connectivity index (χ4v) is 5.54. The van der Waals surface area contributed by atoms with E-state index in [-0.39, 0.29) is 27.4 Å². The van der Waals surface area contributed by atoms with Gasteiger partial charge in [-0.05, 0) is 37.6 Å². The highest BCUT2D eigenvalue weighted by Gasteiger charge is 2.22. The molecule has 2 N–H and O–H groups in total. The minimum absolute atomic E-state index is 0.0732. The maximum absolute atomic E-state index is 12.8. The second-order valence-corrected chi connectivity index (χ2v) is 10.6. The van der Waals surface area contributed by atoms with Gasteiger partial charge in [-0.25, -0.2) is 8.42 Å². The van der Waals surface area contributed by atoms with Crippen molar-refractivity contribution in [2.45, 2.75) is 34.9 Å². The maximum atomic E-state index is 12.8. The highest BCUT2D eigenvalue weighted by Crippen LogP contribution is 2.30. The Morgan fingerprint density at radius 1 is 1.16 bits per heavy atom. The van der Waals surface area contributed by atoms with Gasteiger partial charge in [-0.1, -0.05) is 53.4 Å². The zero-order valence-corrected chi connectivity index (χ0v) is 19.6. The number of ether oxygens (including phenoxy) is 1. The van der Waals surface area contributed by atoms with E-state index in [0.717, 1.165) is 16.9 Å². The number of rotatable bonds is 9. The number of methoxy groups -OCH3 is 1. The topological polar surface area (TPSA) is 110 Å². The molecule has 0 saturated carbocycles. The van der Waals surface area contributed by atoms with Crippen LogP contribution in [0.1, 0.15) is 29.8 Å². The van der Waals surface area contributed by atoms with Gasteiger partial charge in [0.15, 0.2) is 4.34 Å². The van der Waals surface area contributed by atoms with Crippen LogP contribution < -0.4 is 14.8 Å². The Bertz CT molecular complexity index is 1150. The van der Waals surface area contributed by atoms with Crippen LogP contribution in [0, 0.1) is 0 Å². The van der Waals surface area contributed by atoms with Crippen molar-refractivity contribution in [1.82, 2.24) is 15.5 Å². The highest BCUT2D eigenvalue weighted by molar-refractivity contribution is 8.00. The van der Waals surface area contributed by atoms with Crippen molar-refractivity contribution in [3.63, 3.8) is 0 Å². The predicted octanol–water partition coefficient (Wildman–Crippen LogP) is 3.78. The lowest BCUT2D eigenvalue weighted by atomic mass is 10.2. The number of nitrogens with one attached hydrogen (secondary N) is 2. The molecule has 1 heterocycles. The Kier molecular flexibility index (Phi) is 7.52. The molecule has 2 aromatic carbocycles. The van der Waals surface area contributed by atoms with E-state index in [1.807, 2.05) is 44.2 Å². The first-order chi connectivity index (χ1) is 14.8. The maximum Gasteiger partial charge on any atom is 0.263 e. The van der Waals surface area contributed by atoms with E-state index >= 15 is 0 Å². The fraction of sp³-hybridized carbons (Fsp3) is 0.250. The van der Waals surface area contributed by atoms with Gasteiger partial charge in [-0.15, -0.1) is 10.2 Å². The Labute approximate surface area is 189 Å². The van der Waals surface area contributed by atoms with Crippen LogP contribution in [0.15, 0.2) is 57.8 Å². The molecule has 0 aliphatic heterocycles. The number of benzene rings is 2. The summed E-state index contributed by atoms with van der Waals surface area (Å²) in [7, 11) is -2.54. The van der Waals surface area contributed by atoms with E-state index in [0.29, 0.717) is 10.1 Å². The molecule has 3 aromatic rings. The number of carbonyl (C=O) groups is 1. The van der Waals surface area contributed by atoms with Crippen molar-refractivity contribution >= 4 is 44.2 Å². The van der Waals surface area contributed by atoms with Crippen molar-refractivity contribution < 1.29 is 17.9 Å². The lowest BCUT2D eigenvalue weighted by molar-refractivity contribution is 0.0940. The van der Waals surface area contributed by atoms with Crippen LogP contribution in [0.5, 0.6) is 5.75 Å². The van der Waals surface area contributed by atoms with Crippen LogP contribution in [-0.4, -0.2) is 37.7 Å². The number of aromatic nitrogens is 2. The summed E-state index contributed by atoms with van der Waals surface area (Å²) >= 11 is 2.62. The Hall–Kier alpha value is -2.63. The van der Waals surface area contributed by atoms with Crippen molar-refractivity contribution in [3.05, 3.63) is 59.7 Å². The number of hydrogen-bond acceptors (Lipinski definition) is 8. The van der Waals surface area contributed by atoms with Crippen LogP contribution in [0.4, 0.5) is 5.13 Å². The monoisotopic (exact) mass is 478 g/mol. The van der Waals surface area contributed by atoms with Crippen LogP contribution in [0.3, 0.4) is 0 Å². The molecule has 164 valence electrons. The zero-order chi connectivity index (χ0) is 22.4. The first-order valence-electron chi connectivity index (χ1n) is 9.30. The van der Waals surface area contributed by atoms with Crippen molar-refractivity contribution in [2.24, 2.45) is 0 Å². The van der Waals surface area contributed by atoms with Crippen LogP contribution in [0.2, 0.25) is 0 Å². The highest BCUT2D eigenvalue weighted by atomic mass is 32.2. The molecule has 0 aliphatic rings. The van der Waals surface area contributed by atoms with Gasteiger partial charge < -0.3 is 10.1 Å². The minimum atomic E-state index is -3.96. The molecule has 0 atom stereocenters. The molecule has 0 spiro atoms. The minimum Gasteiger partial charge on any atom is -0.496 e. The Morgan fingerprint density at radius 3 is 2.58 bits per heavy atom.